The molecular weight excluding hydrogens is 725 g/mol. The van der Waals surface area contributed by atoms with Gasteiger partial charge in [0, 0.05) is 111 Å². The first-order valence-corrected chi connectivity index (χ1v) is 19.5. The minimum atomic E-state index is -0.599. The van der Waals surface area contributed by atoms with Gasteiger partial charge in [-0.1, -0.05) is 12.1 Å². The molecule has 0 spiro atoms. The highest BCUT2D eigenvalue weighted by Crippen LogP contribution is 2.42. The molecule has 290 valence electrons. The average molecular weight is 767 g/mol. The molecule has 3 amide bonds. The van der Waals surface area contributed by atoms with E-state index in [0.717, 1.165) is 83.9 Å². The summed E-state index contributed by atoms with van der Waals surface area (Å²) in [6.45, 7) is 7.40. The summed E-state index contributed by atoms with van der Waals surface area (Å²) in [5, 5.41) is 10.0. The molecular formula is C42H42N10O5. The molecule has 0 saturated carbocycles. The van der Waals surface area contributed by atoms with Crippen molar-refractivity contribution in [3.63, 3.8) is 0 Å². The van der Waals surface area contributed by atoms with E-state index in [2.05, 4.69) is 70.9 Å². The number of benzene rings is 3. The van der Waals surface area contributed by atoms with Crippen LogP contribution in [0.2, 0.25) is 0 Å². The van der Waals surface area contributed by atoms with Crippen LogP contribution in [-0.4, -0.2) is 114 Å². The number of ether oxygens (including phenoxy) is 2. The first kappa shape index (κ1) is 35.0. The van der Waals surface area contributed by atoms with Crippen LogP contribution in [0.3, 0.4) is 0 Å². The third kappa shape index (κ3) is 6.46. The van der Waals surface area contributed by atoms with Crippen LogP contribution in [0.4, 0.5) is 28.7 Å². The first-order chi connectivity index (χ1) is 27.9. The van der Waals surface area contributed by atoms with E-state index in [1.54, 1.807) is 18.2 Å². The van der Waals surface area contributed by atoms with Crippen LogP contribution >= 0.6 is 0 Å². The molecule has 10 rings (SSSR count). The summed E-state index contributed by atoms with van der Waals surface area (Å²) in [6.07, 6.45) is 4.22. The van der Waals surface area contributed by atoms with Gasteiger partial charge in [0.15, 0.2) is 5.75 Å². The van der Waals surface area contributed by atoms with Gasteiger partial charge in [0.05, 0.1) is 12.6 Å². The van der Waals surface area contributed by atoms with Crippen LogP contribution in [0, 0.1) is 0 Å². The molecule has 57 heavy (non-hydrogen) atoms. The molecule has 7 heterocycles. The Bertz CT molecular complexity index is 2410. The van der Waals surface area contributed by atoms with Crippen molar-refractivity contribution < 1.29 is 23.9 Å². The Hall–Kier alpha value is -6.48. The summed E-state index contributed by atoms with van der Waals surface area (Å²) in [6, 6.07) is 20.4. The number of anilines is 5. The Kier molecular flexibility index (Phi) is 8.73. The van der Waals surface area contributed by atoms with E-state index in [-0.39, 0.29) is 24.1 Å². The Labute approximate surface area is 329 Å². The molecule has 5 aromatic rings. The van der Waals surface area contributed by atoms with Gasteiger partial charge in [0.25, 0.3) is 5.91 Å². The Balaban J connectivity index is 0.731. The maximum absolute atomic E-state index is 13.1. The summed E-state index contributed by atoms with van der Waals surface area (Å²) in [5.41, 5.74) is 8.14. The van der Waals surface area contributed by atoms with Crippen LogP contribution in [0.25, 0.3) is 22.0 Å². The number of carbonyl (C=O) groups is 3. The fourth-order valence-corrected chi connectivity index (χ4v) is 8.62. The molecule has 3 aromatic carbocycles. The van der Waals surface area contributed by atoms with Crippen LogP contribution < -0.4 is 35.2 Å². The van der Waals surface area contributed by atoms with Crippen LogP contribution in [0.15, 0.2) is 73.1 Å². The summed E-state index contributed by atoms with van der Waals surface area (Å²) in [7, 11) is 1.65. The van der Waals surface area contributed by atoms with Crippen LogP contribution in [-0.2, 0) is 16.1 Å². The van der Waals surface area contributed by atoms with Crippen molar-refractivity contribution in [3.8, 4) is 22.8 Å². The molecule has 15 nitrogen and oxygen atoms in total. The highest BCUT2D eigenvalue weighted by atomic mass is 16.5. The summed E-state index contributed by atoms with van der Waals surface area (Å²) in [4.78, 5) is 60.1. The van der Waals surface area contributed by atoms with Crippen LogP contribution in [0.1, 0.15) is 28.8 Å². The maximum Gasteiger partial charge on any atom is 0.255 e. The van der Waals surface area contributed by atoms with Gasteiger partial charge in [0.1, 0.15) is 18.3 Å². The Morgan fingerprint density at radius 2 is 1.70 bits per heavy atom. The van der Waals surface area contributed by atoms with Gasteiger partial charge >= 0.3 is 0 Å². The minimum Gasteiger partial charge on any atom is -0.494 e. The average Bonchev–Trinajstić information content (AvgIpc) is 3.54. The van der Waals surface area contributed by atoms with E-state index in [0.29, 0.717) is 55.3 Å². The smallest absolute Gasteiger partial charge is 0.255 e. The van der Waals surface area contributed by atoms with E-state index in [9.17, 15) is 14.4 Å². The van der Waals surface area contributed by atoms with E-state index >= 15 is 0 Å². The van der Waals surface area contributed by atoms with Gasteiger partial charge in [-0.15, -0.1) is 0 Å². The first-order valence-electron chi connectivity index (χ1n) is 19.5. The molecule has 3 fully saturated rings. The van der Waals surface area contributed by atoms with Crippen molar-refractivity contribution >= 4 is 57.3 Å². The molecule has 0 bridgehead atoms. The lowest BCUT2D eigenvalue weighted by Crippen LogP contribution is -2.63. The topological polar surface area (TPSA) is 157 Å². The molecule has 0 radical (unpaired) electrons. The number of carbonyl (C=O) groups excluding carboxylic acids is 3. The normalized spacial score (nSPS) is 19.7. The summed E-state index contributed by atoms with van der Waals surface area (Å²) < 4.78 is 11.5. The van der Waals surface area contributed by atoms with Gasteiger partial charge < -0.3 is 34.8 Å². The number of pyridine rings is 1. The number of piperidine rings is 1. The van der Waals surface area contributed by atoms with Gasteiger partial charge in [-0.05, 0) is 66.1 Å². The Morgan fingerprint density at radius 3 is 2.51 bits per heavy atom. The largest absolute Gasteiger partial charge is 0.494 e. The molecule has 2 aromatic heterocycles. The number of aromatic nitrogens is 3. The zero-order valence-electron chi connectivity index (χ0n) is 31.5. The fraction of sp³-hybridized carbons (Fsp3) is 0.333. The maximum atomic E-state index is 13.1. The second kappa shape index (κ2) is 14.2. The van der Waals surface area contributed by atoms with E-state index in [4.69, 9.17) is 14.5 Å². The number of imide groups is 1. The number of amides is 3. The predicted molar refractivity (Wildman–Crippen MR) is 215 cm³/mol. The van der Waals surface area contributed by atoms with Crippen LogP contribution in [0.5, 0.6) is 11.6 Å². The number of nitrogens with one attached hydrogen (secondary N) is 3. The van der Waals surface area contributed by atoms with E-state index in [1.165, 1.54) is 5.69 Å². The van der Waals surface area contributed by atoms with E-state index < -0.39 is 6.04 Å². The number of hydrogen-bond donors (Lipinski definition) is 3. The fourth-order valence-electron chi connectivity index (χ4n) is 8.62. The number of piperazine rings is 1. The highest BCUT2D eigenvalue weighted by molar-refractivity contribution is 6.05. The predicted octanol–water partition coefficient (Wildman–Crippen LogP) is 4.02. The number of methoxy groups -OCH3 is 1. The lowest BCUT2D eigenvalue weighted by atomic mass is 10.0. The monoisotopic (exact) mass is 766 g/mol. The van der Waals surface area contributed by atoms with Gasteiger partial charge in [-0.3, -0.25) is 24.6 Å². The molecule has 15 heteroatoms. The SMILES string of the molecule is COc1c(-c2ccc3cnc(Nc4ccc(N5CCN(C6CN(c7ccc8c(c7)CN(C7CCC(=O)NC7=O)C8=O)C6)CC5)cc4)nc3c2)cnc2c1NCCO2. The lowest BCUT2D eigenvalue weighted by Gasteiger charge is -2.49. The molecule has 1 unspecified atom stereocenters. The summed E-state index contributed by atoms with van der Waals surface area (Å²) in [5.74, 6) is 0.956. The van der Waals surface area contributed by atoms with Crippen molar-refractivity contribution in [2.75, 3.05) is 80.0 Å². The minimum absolute atomic E-state index is 0.138. The van der Waals surface area contributed by atoms with Crippen molar-refractivity contribution in [1.82, 2.24) is 30.1 Å². The zero-order valence-corrected chi connectivity index (χ0v) is 31.5. The number of fused-ring (bicyclic) bond motifs is 3. The zero-order chi connectivity index (χ0) is 38.6. The number of rotatable bonds is 8. The molecule has 0 aliphatic carbocycles. The standard InChI is InChI=1S/C42H42N10O5/c1-56-38-33(21-44-40-37(38)43-12-17-57-40)25-2-3-26-20-45-42(47-34(26)19-25)46-28-4-6-29(7-5-28)49-13-15-50(16-14-49)31-23-51(24-31)30-8-9-32-27(18-30)22-52(41(32)55)35-10-11-36(53)48-39(35)54/h2-9,18-21,31,35,43H,10-17,22-24H2,1H3,(H,45,46,47)(H,48,53,54). The van der Waals surface area contributed by atoms with Crippen molar-refractivity contribution in [1.29, 1.82) is 0 Å². The molecule has 3 saturated heterocycles. The second-order valence-electron chi connectivity index (χ2n) is 15.1. The molecule has 5 aliphatic heterocycles. The molecule has 1 atom stereocenters. The lowest BCUT2D eigenvalue weighted by molar-refractivity contribution is -0.136. The molecule has 5 aliphatic rings. The summed E-state index contributed by atoms with van der Waals surface area (Å²) >= 11 is 0. The third-order valence-electron chi connectivity index (χ3n) is 11.8. The van der Waals surface area contributed by atoms with E-state index in [1.807, 2.05) is 36.5 Å². The number of nitrogens with zero attached hydrogens (tertiary/aromatic N) is 7. The Morgan fingerprint density at radius 1 is 0.877 bits per heavy atom. The van der Waals surface area contributed by atoms with Gasteiger partial charge in [-0.25, -0.2) is 15.0 Å². The second-order valence-corrected chi connectivity index (χ2v) is 15.1. The van der Waals surface area contributed by atoms with Crippen molar-refractivity contribution in [3.05, 3.63) is 84.2 Å². The third-order valence-corrected chi connectivity index (χ3v) is 11.8. The number of hydrogen-bond acceptors (Lipinski definition) is 13. The van der Waals surface area contributed by atoms with Crippen molar-refractivity contribution in [2.45, 2.75) is 31.5 Å². The van der Waals surface area contributed by atoms with Crippen molar-refractivity contribution in [2.24, 2.45) is 0 Å². The molecule has 3 N–H and O–H groups in total. The van der Waals surface area contributed by atoms with Gasteiger partial charge in [-0.2, -0.15) is 0 Å². The van der Waals surface area contributed by atoms with Gasteiger partial charge in [0.2, 0.25) is 23.6 Å². The highest BCUT2D eigenvalue weighted by Gasteiger charge is 2.40. The quantitative estimate of drug-likeness (QED) is 0.195.